The van der Waals surface area contributed by atoms with Crippen LogP contribution < -0.4 is 4.74 Å². The summed E-state index contributed by atoms with van der Waals surface area (Å²) < 4.78 is 11.1. The number of rotatable bonds is 4. The van der Waals surface area contributed by atoms with E-state index in [9.17, 15) is 0 Å². The van der Waals surface area contributed by atoms with Gasteiger partial charge in [0.15, 0.2) is 11.7 Å². The number of amidine groups is 3. The second-order valence-corrected chi connectivity index (χ2v) is 8.68. The lowest BCUT2D eigenvalue weighted by Crippen LogP contribution is -2.48. The first kappa shape index (κ1) is 22.6. The SMILES string of the molecule is CCOC1=NC2=NC(c3c(C)cc(C)cc3C)=NC3=NC(c4c(C)cc(OC)cc4C)=NC(=N1)N23. The smallest absolute Gasteiger partial charge is 0.323 e. The van der Waals surface area contributed by atoms with Gasteiger partial charge in [-0.05, 0) is 75.9 Å². The molecule has 178 valence electrons. The minimum Gasteiger partial charge on any atom is -0.497 e. The molecule has 5 rings (SSSR count). The summed E-state index contributed by atoms with van der Waals surface area (Å²) in [5.74, 6) is 3.03. The number of methoxy groups -OCH3 is 1. The maximum Gasteiger partial charge on any atom is 0.323 e. The van der Waals surface area contributed by atoms with Crippen LogP contribution in [0, 0.1) is 34.6 Å². The molecule has 9 heteroatoms. The van der Waals surface area contributed by atoms with Crippen LogP contribution in [0.15, 0.2) is 54.2 Å². The van der Waals surface area contributed by atoms with E-state index in [1.807, 2.05) is 32.9 Å². The fourth-order valence-electron chi connectivity index (χ4n) is 4.61. The molecule has 0 saturated heterocycles. The number of hydrogen-bond donors (Lipinski definition) is 0. The van der Waals surface area contributed by atoms with Crippen LogP contribution >= 0.6 is 0 Å². The van der Waals surface area contributed by atoms with Gasteiger partial charge >= 0.3 is 6.02 Å². The van der Waals surface area contributed by atoms with Crippen molar-refractivity contribution in [1.29, 1.82) is 0 Å². The Morgan fingerprint density at radius 1 is 0.657 bits per heavy atom. The number of nitrogens with zero attached hydrogens (tertiary/aromatic N) is 7. The van der Waals surface area contributed by atoms with Crippen LogP contribution in [0.5, 0.6) is 5.75 Å². The lowest BCUT2D eigenvalue weighted by Gasteiger charge is -2.30. The molecule has 3 aliphatic heterocycles. The zero-order valence-electron chi connectivity index (χ0n) is 21.0. The lowest BCUT2D eigenvalue weighted by molar-refractivity contribution is 0.321. The summed E-state index contributed by atoms with van der Waals surface area (Å²) in [5, 5.41) is 0. The third-order valence-electron chi connectivity index (χ3n) is 5.95. The van der Waals surface area contributed by atoms with E-state index >= 15 is 0 Å². The quantitative estimate of drug-likeness (QED) is 0.670. The second kappa shape index (κ2) is 8.57. The number of hydrogen-bond acceptors (Lipinski definition) is 9. The van der Waals surface area contributed by atoms with Gasteiger partial charge < -0.3 is 9.47 Å². The molecule has 0 radical (unpaired) electrons. The Balaban J connectivity index is 1.72. The van der Waals surface area contributed by atoms with E-state index in [0.29, 0.717) is 36.2 Å². The summed E-state index contributed by atoms with van der Waals surface area (Å²) in [6, 6.07) is 8.39. The van der Waals surface area contributed by atoms with Crippen LogP contribution in [-0.2, 0) is 4.74 Å². The second-order valence-electron chi connectivity index (χ2n) is 8.68. The van der Waals surface area contributed by atoms with Crippen molar-refractivity contribution in [1.82, 2.24) is 4.90 Å². The Morgan fingerprint density at radius 3 is 1.66 bits per heavy atom. The summed E-state index contributed by atoms with van der Waals surface area (Å²) in [7, 11) is 1.66. The van der Waals surface area contributed by atoms with Crippen molar-refractivity contribution in [2.75, 3.05) is 13.7 Å². The minimum atomic E-state index is 0.212. The minimum absolute atomic E-state index is 0.212. The summed E-state index contributed by atoms with van der Waals surface area (Å²) in [6.45, 7) is 12.5. The first-order valence-electron chi connectivity index (χ1n) is 11.5. The molecule has 9 nitrogen and oxygen atoms in total. The van der Waals surface area contributed by atoms with Gasteiger partial charge in [0.1, 0.15) is 5.75 Å². The molecule has 2 aromatic rings. The zero-order chi connectivity index (χ0) is 24.9. The molecule has 0 bridgehead atoms. The molecule has 3 aliphatic rings. The summed E-state index contributed by atoms with van der Waals surface area (Å²) >= 11 is 0. The van der Waals surface area contributed by atoms with Crippen LogP contribution in [0.1, 0.15) is 45.9 Å². The molecule has 0 spiro atoms. The van der Waals surface area contributed by atoms with Gasteiger partial charge in [0, 0.05) is 11.1 Å². The Kier molecular flexibility index (Phi) is 5.55. The van der Waals surface area contributed by atoms with Crippen molar-refractivity contribution in [2.24, 2.45) is 30.0 Å². The standard InChI is InChI=1S/C26H27N7O2/c1-8-35-26-31-24-29-21(19-14(3)9-13(2)10-15(19)4)27-23-28-22(30-25(32-26)33(23)24)20-16(5)11-18(34-7)12-17(20)6/h9-12H,8H2,1-7H3. The Morgan fingerprint density at radius 2 is 1.14 bits per heavy atom. The zero-order valence-corrected chi connectivity index (χ0v) is 21.0. The van der Waals surface area contributed by atoms with Gasteiger partial charge in [-0.1, -0.05) is 17.7 Å². The van der Waals surface area contributed by atoms with E-state index in [2.05, 4.69) is 42.9 Å². The van der Waals surface area contributed by atoms with Crippen LogP contribution in [-0.4, -0.2) is 54.2 Å². The molecule has 2 aromatic carbocycles. The third-order valence-corrected chi connectivity index (χ3v) is 5.95. The van der Waals surface area contributed by atoms with Crippen LogP contribution in [0.4, 0.5) is 0 Å². The van der Waals surface area contributed by atoms with Crippen LogP contribution in [0.25, 0.3) is 0 Å². The normalized spacial score (nSPS) is 16.4. The van der Waals surface area contributed by atoms with Crippen LogP contribution in [0.2, 0.25) is 0 Å². The maximum absolute atomic E-state index is 5.64. The predicted octanol–water partition coefficient (Wildman–Crippen LogP) is 4.23. The van der Waals surface area contributed by atoms with Crippen molar-refractivity contribution in [3.8, 4) is 5.75 Å². The van der Waals surface area contributed by atoms with Gasteiger partial charge in [0.2, 0.25) is 17.9 Å². The van der Waals surface area contributed by atoms with Crippen molar-refractivity contribution < 1.29 is 9.47 Å². The molecular weight excluding hydrogens is 442 g/mol. The number of benzene rings is 2. The number of aliphatic imine (C=N–C) groups is 6. The molecule has 3 heterocycles. The summed E-state index contributed by atoms with van der Waals surface area (Å²) in [5.41, 5.74) is 7.22. The van der Waals surface area contributed by atoms with E-state index in [-0.39, 0.29) is 6.02 Å². The van der Waals surface area contributed by atoms with Gasteiger partial charge in [-0.3, -0.25) is 0 Å². The van der Waals surface area contributed by atoms with Gasteiger partial charge in [0.25, 0.3) is 0 Å². The average Bonchev–Trinajstić information content (AvgIpc) is 2.77. The molecule has 0 aliphatic carbocycles. The highest BCUT2D eigenvalue weighted by molar-refractivity contribution is 6.33. The average molecular weight is 470 g/mol. The highest BCUT2D eigenvalue weighted by atomic mass is 16.5. The van der Waals surface area contributed by atoms with E-state index in [0.717, 1.165) is 39.1 Å². The first-order valence-corrected chi connectivity index (χ1v) is 11.5. The summed E-state index contributed by atoms with van der Waals surface area (Å²) in [6.07, 6.45) is 0. The van der Waals surface area contributed by atoms with E-state index in [1.165, 1.54) is 5.56 Å². The van der Waals surface area contributed by atoms with E-state index in [1.54, 1.807) is 12.0 Å². The summed E-state index contributed by atoms with van der Waals surface area (Å²) in [4.78, 5) is 29.9. The van der Waals surface area contributed by atoms with Crippen molar-refractivity contribution in [3.63, 3.8) is 0 Å². The molecule has 35 heavy (non-hydrogen) atoms. The number of aryl methyl sites for hydroxylation is 5. The highest BCUT2D eigenvalue weighted by Crippen LogP contribution is 2.27. The predicted molar refractivity (Wildman–Crippen MR) is 139 cm³/mol. The molecule has 0 aromatic heterocycles. The maximum atomic E-state index is 5.64. The van der Waals surface area contributed by atoms with Gasteiger partial charge in [0.05, 0.1) is 13.7 Å². The topological polar surface area (TPSA) is 95.9 Å². The molecule has 0 saturated carbocycles. The molecule has 0 N–H and O–H groups in total. The molecule has 0 fully saturated rings. The van der Waals surface area contributed by atoms with Gasteiger partial charge in [-0.15, -0.1) is 0 Å². The number of guanidine groups is 3. The van der Waals surface area contributed by atoms with Crippen molar-refractivity contribution in [2.45, 2.75) is 41.5 Å². The Bertz CT molecular complexity index is 1400. The van der Waals surface area contributed by atoms with Gasteiger partial charge in [-0.25, -0.2) is 4.90 Å². The monoisotopic (exact) mass is 469 g/mol. The van der Waals surface area contributed by atoms with Crippen LogP contribution in [0.3, 0.4) is 0 Å². The van der Waals surface area contributed by atoms with Crippen molar-refractivity contribution in [3.05, 3.63) is 63.2 Å². The molecule has 0 amide bonds. The van der Waals surface area contributed by atoms with E-state index < -0.39 is 0 Å². The Labute approximate surface area is 204 Å². The number of ether oxygens (including phenoxy) is 2. The fourth-order valence-corrected chi connectivity index (χ4v) is 4.61. The van der Waals surface area contributed by atoms with Gasteiger partial charge in [-0.2, -0.15) is 30.0 Å². The van der Waals surface area contributed by atoms with Crippen molar-refractivity contribution >= 4 is 35.6 Å². The molecule has 0 atom stereocenters. The first-order chi connectivity index (χ1) is 16.8. The highest BCUT2D eigenvalue weighted by Gasteiger charge is 2.36. The van der Waals surface area contributed by atoms with E-state index in [4.69, 9.17) is 29.4 Å². The molecule has 0 unspecified atom stereocenters. The lowest BCUT2D eigenvalue weighted by atomic mass is 9.99. The fraction of sp³-hybridized carbons (Fsp3) is 0.308. The molecular formula is C26H27N7O2. The Hall–Kier alpha value is -4.14. The largest absolute Gasteiger partial charge is 0.497 e. The third kappa shape index (κ3) is 3.92.